The lowest BCUT2D eigenvalue weighted by Crippen LogP contribution is -2.29. The molecule has 1 heterocycles. The lowest BCUT2D eigenvalue weighted by Gasteiger charge is -2.03. The maximum absolute atomic E-state index is 12.0. The highest BCUT2D eigenvalue weighted by atomic mass is 16.5. The number of benzene rings is 1. The third kappa shape index (κ3) is 2.42. The molecule has 1 aliphatic rings. The van der Waals surface area contributed by atoms with Gasteiger partial charge in [-0.05, 0) is 12.1 Å². The summed E-state index contributed by atoms with van der Waals surface area (Å²) in [5.74, 6) is 1.03. The predicted molar refractivity (Wildman–Crippen MR) is 64.0 cm³/mol. The van der Waals surface area contributed by atoms with E-state index in [2.05, 4.69) is 5.32 Å². The Hall–Kier alpha value is -2.11. The van der Waals surface area contributed by atoms with Crippen LogP contribution < -0.4 is 14.8 Å². The van der Waals surface area contributed by atoms with Gasteiger partial charge in [0.25, 0.3) is 0 Å². The SMILES string of the molecule is COc1ccc2c(c1)[N+](=O)C(CCNC(C)=O)O2. The van der Waals surface area contributed by atoms with E-state index in [1.54, 1.807) is 25.3 Å². The number of nitrogens with one attached hydrogen (secondary N) is 1. The number of carbonyl (C=O) groups excluding carboxylic acids is 1. The van der Waals surface area contributed by atoms with Crippen molar-refractivity contribution in [3.63, 3.8) is 0 Å². The zero-order valence-electron chi connectivity index (χ0n) is 10.3. The van der Waals surface area contributed by atoms with E-state index in [0.717, 1.165) is 4.76 Å². The molecule has 96 valence electrons. The molecule has 0 bridgehead atoms. The summed E-state index contributed by atoms with van der Waals surface area (Å²) in [6.07, 6.45) is -0.168. The van der Waals surface area contributed by atoms with E-state index in [-0.39, 0.29) is 5.91 Å². The summed E-state index contributed by atoms with van der Waals surface area (Å²) in [5, 5.41) is 2.63. The van der Waals surface area contributed by atoms with Gasteiger partial charge in [0.05, 0.1) is 24.4 Å². The summed E-state index contributed by atoms with van der Waals surface area (Å²) in [7, 11) is 1.54. The molecule has 1 aliphatic heterocycles. The van der Waals surface area contributed by atoms with Gasteiger partial charge in [-0.25, -0.2) is 0 Å². The van der Waals surface area contributed by atoms with E-state index in [0.29, 0.717) is 30.2 Å². The minimum absolute atomic E-state index is 0.121. The molecule has 0 aliphatic carbocycles. The number of amides is 1. The molecule has 1 N–H and O–H groups in total. The van der Waals surface area contributed by atoms with Gasteiger partial charge in [0, 0.05) is 18.4 Å². The average molecular weight is 251 g/mol. The number of hydrogen-bond acceptors (Lipinski definition) is 4. The summed E-state index contributed by atoms with van der Waals surface area (Å²) in [4.78, 5) is 22.7. The fourth-order valence-electron chi connectivity index (χ4n) is 1.79. The monoisotopic (exact) mass is 251 g/mol. The molecule has 1 unspecified atom stereocenters. The number of fused-ring (bicyclic) bond motifs is 1. The van der Waals surface area contributed by atoms with Crippen molar-refractivity contribution < 1.29 is 19.0 Å². The molecule has 1 atom stereocenters. The third-order valence-electron chi connectivity index (χ3n) is 2.69. The van der Waals surface area contributed by atoms with Crippen molar-refractivity contribution in [2.24, 2.45) is 0 Å². The normalized spacial score (nSPS) is 17.0. The number of carbonyl (C=O) groups is 1. The highest BCUT2D eigenvalue weighted by molar-refractivity contribution is 5.72. The standard InChI is InChI=1S/C12H14N2O4/c1-8(15)13-6-5-12-14(16)10-7-9(17-2)3-4-11(10)18-12/h3-4,7,12H,5-6H2,1-2H3/p+1. The van der Waals surface area contributed by atoms with Crippen LogP contribution in [0.15, 0.2) is 18.2 Å². The summed E-state index contributed by atoms with van der Waals surface area (Å²) in [5.41, 5.74) is 0.460. The molecule has 1 aromatic carbocycles. The zero-order valence-corrected chi connectivity index (χ0v) is 10.3. The molecule has 0 saturated carbocycles. The first-order valence-corrected chi connectivity index (χ1v) is 5.67. The van der Waals surface area contributed by atoms with Gasteiger partial charge in [-0.2, -0.15) is 0 Å². The molecule has 6 heteroatoms. The third-order valence-corrected chi connectivity index (χ3v) is 2.69. The smallest absolute Gasteiger partial charge is 0.352 e. The van der Waals surface area contributed by atoms with Crippen LogP contribution in [0.25, 0.3) is 0 Å². The average Bonchev–Trinajstić information content (AvgIpc) is 2.66. The quantitative estimate of drug-likeness (QED) is 0.820. The number of rotatable bonds is 4. The van der Waals surface area contributed by atoms with Crippen molar-refractivity contribution in [3.8, 4) is 11.5 Å². The second-order valence-corrected chi connectivity index (χ2v) is 4.00. The molecule has 6 nitrogen and oxygen atoms in total. The van der Waals surface area contributed by atoms with Crippen LogP contribution in [0.3, 0.4) is 0 Å². The molecule has 0 fully saturated rings. The molecular weight excluding hydrogens is 236 g/mol. The number of ether oxygens (including phenoxy) is 2. The highest BCUT2D eigenvalue weighted by Gasteiger charge is 2.40. The molecule has 1 amide bonds. The summed E-state index contributed by atoms with van der Waals surface area (Å²) >= 11 is 0. The van der Waals surface area contributed by atoms with Gasteiger partial charge in [0.1, 0.15) is 5.75 Å². The van der Waals surface area contributed by atoms with Crippen molar-refractivity contribution in [3.05, 3.63) is 23.1 Å². The summed E-state index contributed by atoms with van der Waals surface area (Å²) in [6.45, 7) is 1.84. The summed E-state index contributed by atoms with van der Waals surface area (Å²) in [6, 6.07) is 5.08. The molecule has 2 rings (SSSR count). The first-order chi connectivity index (χ1) is 8.61. The van der Waals surface area contributed by atoms with Gasteiger partial charge >= 0.3 is 11.9 Å². The largest absolute Gasteiger partial charge is 0.496 e. The highest BCUT2D eigenvalue weighted by Crippen LogP contribution is 2.38. The fourth-order valence-corrected chi connectivity index (χ4v) is 1.79. The number of nitrogens with zero attached hydrogens (tertiary/aromatic N) is 1. The number of hydrogen-bond donors (Lipinski definition) is 1. The van der Waals surface area contributed by atoms with Crippen molar-refractivity contribution in [2.75, 3.05) is 13.7 Å². The lowest BCUT2D eigenvalue weighted by atomic mass is 10.3. The van der Waals surface area contributed by atoms with E-state index < -0.39 is 6.23 Å². The molecule has 0 saturated heterocycles. The molecular formula is C12H15N2O4+. The van der Waals surface area contributed by atoms with Crippen molar-refractivity contribution in [1.29, 1.82) is 0 Å². The second kappa shape index (κ2) is 5.03. The molecule has 0 aromatic heterocycles. The number of methoxy groups -OCH3 is 1. The van der Waals surface area contributed by atoms with Gasteiger partial charge < -0.3 is 14.8 Å². The Bertz CT molecular complexity index is 487. The lowest BCUT2D eigenvalue weighted by molar-refractivity contribution is -0.529. The van der Waals surface area contributed by atoms with Gasteiger partial charge in [-0.3, -0.25) is 4.79 Å². The Balaban J connectivity index is 2.03. The molecule has 0 radical (unpaired) electrons. The van der Waals surface area contributed by atoms with Crippen LogP contribution in [0.2, 0.25) is 0 Å². The predicted octanol–water partition coefficient (Wildman–Crippen LogP) is 1.35. The van der Waals surface area contributed by atoms with Crippen LogP contribution in [0, 0.1) is 4.91 Å². The Kier molecular flexibility index (Phi) is 3.45. The first-order valence-electron chi connectivity index (χ1n) is 5.67. The maximum atomic E-state index is 12.0. The van der Waals surface area contributed by atoms with Crippen molar-refractivity contribution in [1.82, 2.24) is 5.32 Å². The topological polar surface area (TPSA) is 67.6 Å². The minimum Gasteiger partial charge on any atom is -0.496 e. The molecule has 0 spiro atoms. The van der Waals surface area contributed by atoms with E-state index >= 15 is 0 Å². The van der Waals surface area contributed by atoms with Gasteiger partial charge in [-0.1, -0.05) is 0 Å². The van der Waals surface area contributed by atoms with Gasteiger partial charge in [0.2, 0.25) is 11.7 Å². The minimum atomic E-state index is -0.598. The van der Waals surface area contributed by atoms with Crippen LogP contribution >= 0.6 is 0 Å². The Morgan fingerprint density at radius 2 is 2.33 bits per heavy atom. The summed E-state index contributed by atoms with van der Waals surface area (Å²) < 4.78 is 11.4. The molecule has 1 aromatic rings. The Morgan fingerprint density at radius 1 is 1.56 bits per heavy atom. The van der Waals surface area contributed by atoms with Gasteiger partial charge in [-0.15, -0.1) is 0 Å². The van der Waals surface area contributed by atoms with E-state index in [9.17, 15) is 9.70 Å². The zero-order chi connectivity index (χ0) is 13.1. The Labute approximate surface area is 104 Å². The Morgan fingerprint density at radius 3 is 3.00 bits per heavy atom. The van der Waals surface area contributed by atoms with Crippen LogP contribution in [0.1, 0.15) is 13.3 Å². The van der Waals surface area contributed by atoms with Crippen LogP contribution in [0.5, 0.6) is 11.5 Å². The first kappa shape index (κ1) is 12.3. The van der Waals surface area contributed by atoms with Crippen molar-refractivity contribution >= 4 is 11.6 Å². The fraction of sp³-hybridized carbons (Fsp3) is 0.417. The van der Waals surface area contributed by atoms with Crippen molar-refractivity contribution in [2.45, 2.75) is 19.6 Å². The van der Waals surface area contributed by atoms with Crippen LogP contribution in [-0.4, -0.2) is 30.5 Å². The van der Waals surface area contributed by atoms with E-state index in [1.165, 1.54) is 6.92 Å². The maximum Gasteiger partial charge on any atom is 0.352 e. The van der Waals surface area contributed by atoms with Crippen LogP contribution in [-0.2, 0) is 4.79 Å². The second-order valence-electron chi connectivity index (χ2n) is 4.00. The van der Waals surface area contributed by atoms with Crippen LogP contribution in [0.4, 0.5) is 5.69 Å². The van der Waals surface area contributed by atoms with E-state index in [1.807, 2.05) is 0 Å². The van der Waals surface area contributed by atoms with Gasteiger partial charge in [0.15, 0.2) is 0 Å². The van der Waals surface area contributed by atoms with E-state index in [4.69, 9.17) is 9.47 Å². The number of nitroso groups, excluding NO2 is 1. The molecule has 18 heavy (non-hydrogen) atoms.